The van der Waals surface area contributed by atoms with Crippen molar-refractivity contribution in [2.45, 2.75) is 25.8 Å². The lowest BCUT2D eigenvalue weighted by molar-refractivity contribution is 0.0827. The van der Waals surface area contributed by atoms with Crippen molar-refractivity contribution in [1.82, 2.24) is 20.1 Å². The molecule has 1 aromatic carbocycles. The smallest absolute Gasteiger partial charge is 0.317 e. The third kappa shape index (κ3) is 5.31. The number of amides is 3. The van der Waals surface area contributed by atoms with E-state index in [1.807, 2.05) is 35.4 Å². The van der Waals surface area contributed by atoms with Crippen molar-refractivity contribution in [3.05, 3.63) is 65.5 Å². The van der Waals surface area contributed by atoms with Gasteiger partial charge < -0.3 is 15.1 Å². The Morgan fingerprint density at radius 1 is 1.14 bits per heavy atom. The second-order valence-electron chi connectivity index (χ2n) is 7.55. The monoisotopic (exact) mass is 380 g/mol. The number of hydrogen-bond acceptors (Lipinski definition) is 3. The summed E-state index contributed by atoms with van der Waals surface area (Å²) in [6.07, 6.45) is 6.76. The highest BCUT2D eigenvalue weighted by atomic mass is 16.2. The number of nitrogens with one attached hydrogen (secondary N) is 1. The molecule has 0 radical (unpaired) electrons. The minimum Gasteiger partial charge on any atom is -0.345 e. The van der Waals surface area contributed by atoms with Gasteiger partial charge in [0.15, 0.2) is 0 Å². The molecule has 3 rings (SSSR count). The Balaban J connectivity index is 1.46. The highest BCUT2D eigenvalue weighted by Gasteiger charge is 2.22. The molecular weight excluding hydrogens is 352 g/mol. The summed E-state index contributed by atoms with van der Waals surface area (Å²) < 4.78 is 0. The van der Waals surface area contributed by atoms with Crippen LogP contribution in [0.5, 0.6) is 0 Å². The molecule has 1 aliphatic heterocycles. The number of piperidine rings is 1. The molecule has 3 amide bonds. The van der Waals surface area contributed by atoms with Gasteiger partial charge in [0.1, 0.15) is 0 Å². The minimum absolute atomic E-state index is 0.0378. The number of carbonyl (C=O) groups is 2. The highest BCUT2D eigenvalue weighted by molar-refractivity contribution is 5.94. The topological polar surface area (TPSA) is 65.5 Å². The molecule has 0 saturated carbocycles. The van der Waals surface area contributed by atoms with Crippen LogP contribution in [0.4, 0.5) is 4.79 Å². The van der Waals surface area contributed by atoms with Crippen molar-refractivity contribution in [1.29, 1.82) is 0 Å². The molecule has 0 bridgehead atoms. The molecule has 0 aliphatic carbocycles. The number of pyridine rings is 1. The first-order chi connectivity index (χ1) is 13.5. The number of likely N-dealkylation sites (tertiary alicyclic amines) is 1. The molecule has 0 spiro atoms. The fraction of sp³-hybridized carbons (Fsp3) is 0.409. The molecule has 1 aliphatic rings. The van der Waals surface area contributed by atoms with Gasteiger partial charge in [-0.25, -0.2) is 4.79 Å². The van der Waals surface area contributed by atoms with E-state index in [9.17, 15) is 9.59 Å². The molecule has 1 fully saturated rings. The van der Waals surface area contributed by atoms with Crippen molar-refractivity contribution in [3.8, 4) is 0 Å². The van der Waals surface area contributed by atoms with Crippen LogP contribution in [0.15, 0.2) is 48.8 Å². The second kappa shape index (κ2) is 9.35. The molecule has 6 heteroatoms. The number of nitrogens with zero attached hydrogens (tertiary/aromatic N) is 3. The minimum atomic E-state index is -0.0381. The Kier molecular flexibility index (Phi) is 6.63. The largest absolute Gasteiger partial charge is 0.345 e. The molecule has 0 unspecified atom stereocenters. The molecule has 2 aromatic rings. The number of carbonyl (C=O) groups excluding carboxylic acids is 2. The van der Waals surface area contributed by atoms with E-state index in [1.54, 1.807) is 31.3 Å². The molecule has 1 N–H and O–H groups in total. The normalized spacial score (nSPS) is 14.6. The van der Waals surface area contributed by atoms with Crippen LogP contribution >= 0.6 is 0 Å². The summed E-state index contributed by atoms with van der Waals surface area (Å²) in [4.78, 5) is 32.2. The van der Waals surface area contributed by atoms with Crippen molar-refractivity contribution < 1.29 is 9.59 Å². The van der Waals surface area contributed by atoms with Crippen LogP contribution in [0.2, 0.25) is 0 Å². The lowest BCUT2D eigenvalue weighted by atomic mass is 9.91. The number of hydrogen-bond donors (Lipinski definition) is 1. The first-order valence-corrected chi connectivity index (χ1v) is 9.75. The number of benzene rings is 1. The van der Waals surface area contributed by atoms with Crippen molar-refractivity contribution in [2.24, 2.45) is 5.92 Å². The van der Waals surface area contributed by atoms with E-state index in [0.717, 1.165) is 37.9 Å². The van der Waals surface area contributed by atoms with Gasteiger partial charge in [-0.3, -0.25) is 9.78 Å². The fourth-order valence-corrected chi connectivity index (χ4v) is 3.55. The van der Waals surface area contributed by atoms with E-state index >= 15 is 0 Å². The number of urea groups is 1. The summed E-state index contributed by atoms with van der Waals surface area (Å²) in [5.74, 6) is 0.561. The van der Waals surface area contributed by atoms with Crippen LogP contribution in [0, 0.1) is 5.92 Å². The summed E-state index contributed by atoms with van der Waals surface area (Å²) in [5, 5.41) is 2.98. The van der Waals surface area contributed by atoms with Crippen molar-refractivity contribution in [3.63, 3.8) is 0 Å². The molecule has 6 nitrogen and oxygen atoms in total. The van der Waals surface area contributed by atoms with Crippen LogP contribution in [-0.4, -0.2) is 53.9 Å². The molecular formula is C22H28N4O2. The van der Waals surface area contributed by atoms with Crippen LogP contribution in [-0.2, 0) is 13.0 Å². The van der Waals surface area contributed by atoms with Gasteiger partial charge in [0.25, 0.3) is 5.91 Å². The molecule has 1 saturated heterocycles. The summed E-state index contributed by atoms with van der Waals surface area (Å²) in [6.45, 7) is 1.97. The first kappa shape index (κ1) is 19.9. The average Bonchev–Trinajstić information content (AvgIpc) is 2.73. The van der Waals surface area contributed by atoms with Gasteiger partial charge >= 0.3 is 6.03 Å². The van der Waals surface area contributed by atoms with Gasteiger partial charge in [-0.15, -0.1) is 0 Å². The Morgan fingerprint density at radius 3 is 2.57 bits per heavy atom. The maximum Gasteiger partial charge on any atom is 0.317 e. The molecule has 1 aromatic heterocycles. The van der Waals surface area contributed by atoms with Crippen LogP contribution in [0.3, 0.4) is 0 Å². The van der Waals surface area contributed by atoms with E-state index in [0.29, 0.717) is 18.0 Å². The van der Waals surface area contributed by atoms with Crippen molar-refractivity contribution in [2.75, 3.05) is 27.2 Å². The third-order valence-electron chi connectivity index (χ3n) is 5.17. The lowest BCUT2D eigenvalue weighted by Crippen LogP contribution is -2.44. The number of rotatable bonds is 5. The van der Waals surface area contributed by atoms with E-state index in [1.165, 1.54) is 5.56 Å². The van der Waals surface area contributed by atoms with Crippen LogP contribution in [0.1, 0.15) is 34.3 Å². The van der Waals surface area contributed by atoms with Gasteiger partial charge in [-0.1, -0.05) is 18.2 Å². The molecule has 0 atom stereocenters. The summed E-state index contributed by atoms with van der Waals surface area (Å²) >= 11 is 0. The summed E-state index contributed by atoms with van der Waals surface area (Å²) in [6, 6.07) is 11.4. The maximum atomic E-state index is 12.5. The van der Waals surface area contributed by atoms with Gasteiger partial charge in [-0.05, 0) is 54.5 Å². The highest BCUT2D eigenvalue weighted by Crippen LogP contribution is 2.21. The SMILES string of the molecule is CN(C)C(=O)c1cccc(CNC(=O)N2CCC(Cc3cccnc3)CC2)c1. The zero-order valence-corrected chi connectivity index (χ0v) is 16.6. The van der Waals surface area contributed by atoms with E-state index < -0.39 is 0 Å². The summed E-state index contributed by atoms with van der Waals surface area (Å²) in [5.41, 5.74) is 2.82. The zero-order valence-electron chi connectivity index (χ0n) is 16.6. The average molecular weight is 380 g/mol. The second-order valence-corrected chi connectivity index (χ2v) is 7.55. The van der Waals surface area contributed by atoms with Gasteiger partial charge in [0.05, 0.1) is 0 Å². The van der Waals surface area contributed by atoms with Crippen molar-refractivity contribution >= 4 is 11.9 Å². The molecule has 28 heavy (non-hydrogen) atoms. The lowest BCUT2D eigenvalue weighted by Gasteiger charge is -2.32. The van der Waals surface area contributed by atoms with Gasteiger partial charge in [0.2, 0.25) is 0 Å². The fourth-order valence-electron chi connectivity index (χ4n) is 3.55. The first-order valence-electron chi connectivity index (χ1n) is 9.75. The molecule has 2 heterocycles. The Hall–Kier alpha value is -2.89. The predicted molar refractivity (Wildman–Crippen MR) is 109 cm³/mol. The van der Waals surface area contributed by atoms with E-state index in [4.69, 9.17) is 0 Å². The predicted octanol–water partition coefficient (Wildman–Crippen LogP) is 2.95. The summed E-state index contributed by atoms with van der Waals surface area (Å²) in [7, 11) is 3.46. The van der Waals surface area contributed by atoms with Crippen LogP contribution in [0.25, 0.3) is 0 Å². The Morgan fingerprint density at radius 2 is 1.89 bits per heavy atom. The van der Waals surface area contributed by atoms with Gasteiger partial charge in [0, 0.05) is 51.7 Å². The van der Waals surface area contributed by atoms with Crippen LogP contribution < -0.4 is 5.32 Å². The molecule has 148 valence electrons. The zero-order chi connectivity index (χ0) is 19.9. The number of aromatic nitrogens is 1. The Labute approximate surface area is 166 Å². The van der Waals surface area contributed by atoms with Gasteiger partial charge in [-0.2, -0.15) is 0 Å². The quantitative estimate of drug-likeness (QED) is 0.867. The third-order valence-corrected chi connectivity index (χ3v) is 5.17. The van der Waals surface area contributed by atoms with E-state index in [-0.39, 0.29) is 11.9 Å². The van der Waals surface area contributed by atoms with E-state index in [2.05, 4.69) is 16.4 Å². The standard InChI is InChI=1S/C22H28N4O2/c1-25(2)21(27)20-7-3-5-19(14-20)16-24-22(28)26-11-8-17(9-12-26)13-18-6-4-10-23-15-18/h3-7,10,14-15,17H,8-9,11-13,16H2,1-2H3,(H,24,28). The Bertz CT molecular complexity index is 799. The maximum absolute atomic E-state index is 12.5.